The molecular weight excluding hydrogens is 372 g/mol. The molecule has 3 aromatic rings. The zero-order chi connectivity index (χ0) is 19.8. The second-order valence-electron chi connectivity index (χ2n) is 8.08. The van der Waals surface area contributed by atoms with E-state index in [4.69, 9.17) is 18.4 Å². The number of piperidine rings is 1. The van der Waals surface area contributed by atoms with E-state index < -0.39 is 0 Å². The maximum Gasteiger partial charge on any atom is 0.231 e. The molecule has 2 aliphatic heterocycles. The molecule has 1 saturated heterocycles. The summed E-state index contributed by atoms with van der Waals surface area (Å²) in [6.07, 6.45) is 3.84. The van der Waals surface area contributed by atoms with Crippen molar-refractivity contribution in [3.05, 3.63) is 53.9 Å². The van der Waals surface area contributed by atoms with Crippen LogP contribution in [0.5, 0.6) is 11.5 Å². The molecule has 0 unspecified atom stereocenters. The number of hydrogen-bond donors (Lipinski definition) is 0. The Morgan fingerprint density at radius 3 is 2.90 bits per heavy atom. The van der Waals surface area contributed by atoms with Crippen LogP contribution in [0.4, 0.5) is 0 Å². The summed E-state index contributed by atoms with van der Waals surface area (Å²) in [5.41, 5.74) is 1.89. The van der Waals surface area contributed by atoms with Gasteiger partial charge in [0.2, 0.25) is 18.5 Å². The van der Waals surface area contributed by atoms with E-state index in [1.165, 1.54) is 5.56 Å². The normalized spacial score (nSPS) is 21.0. The molecule has 7 nitrogen and oxygen atoms in total. The lowest BCUT2D eigenvalue weighted by Crippen LogP contribution is -2.45. The number of amides is 1. The molecule has 0 saturated carbocycles. The lowest BCUT2D eigenvalue weighted by atomic mass is 9.76. The standard InChI is InChI=1S/C22H22N2O5/c1-22(11-15-4-5-18-19(9-15)28-14-27-18)7-6-21(25)24(13-22)12-16-10-20(29-23-16)17-3-2-8-26-17/h2-5,8-10H,6-7,11-14H2,1H3/t22-/m0/s1. The van der Waals surface area contributed by atoms with Crippen molar-refractivity contribution in [1.82, 2.24) is 10.1 Å². The number of rotatable bonds is 5. The van der Waals surface area contributed by atoms with Gasteiger partial charge in [0.05, 0.1) is 12.8 Å². The molecular formula is C22H22N2O5. The molecule has 1 aromatic carbocycles. The Kier molecular flexibility index (Phi) is 4.30. The van der Waals surface area contributed by atoms with Gasteiger partial charge in [0.25, 0.3) is 0 Å². The number of carbonyl (C=O) groups is 1. The van der Waals surface area contributed by atoms with Gasteiger partial charge in [-0.3, -0.25) is 4.79 Å². The molecule has 0 N–H and O–H groups in total. The predicted octanol–water partition coefficient (Wildman–Crippen LogP) is 4.03. The Labute approximate surface area is 168 Å². The maximum atomic E-state index is 12.5. The molecule has 150 valence electrons. The van der Waals surface area contributed by atoms with E-state index in [1.54, 1.807) is 12.3 Å². The van der Waals surface area contributed by atoms with Crippen LogP contribution in [-0.2, 0) is 17.8 Å². The average molecular weight is 394 g/mol. The summed E-state index contributed by atoms with van der Waals surface area (Å²) in [5, 5.41) is 4.11. The Bertz CT molecular complexity index is 1030. The van der Waals surface area contributed by atoms with Crippen molar-refractivity contribution in [3.63, 3.8) is 0 Å². The largest absolute Gasteiger partial charge is 0.461 e. The first-order valence-corrected chi connectivity index (χ1v) is 9.74. The lowest BCUT2D eigenvalue weighted by molar-refractivity contribution is -0.138. The topological polar surface area (TPSA) is 77.9 Å². The van der Waals surface area contributed by atoms with Gasteiger partial charge in [-0.2, -0.15) is 0 Å². The Balaban J connectivity index is 1.29. The Morgan fingerprint density at radius 1 is 1.14 bits per heavy atom. The van der Waals surface area contributed by atoms with Gasteiger partial charge in [0.15, 0.2) is 17.3 Å². The van der Waals surface area contributed by atoms with E-state index in [0.717, 1.165) is 30.0 Å². The first kappa shape index (κ1) is 17.8. The average Bonchev–Trinajstić information content (AvgIpc) is 3.45. The van der Waals surface area contributed by atoms with E-state index in [0.29, 0.717) is 31.0 Å². The number of hydrogen-bond acceptors (Lipinski definition) is 6. The third-order valence-corrected chi connectivity index (χ3v) is 5.61. The van der Waals surface area contributed by atoms with Crippen LogP contribution in [0.15, 0.2) is 51.6 Å². The summed E-state index contributed by atoms with van der Waals surface area (Å²) in [6.45, 7) is 3.60. The van der Waals surface area contributed by atoms with Crippen molar-refractivity contribution >= 4 is 5.91 Å². The molecule has 1 amide bonds. The van der Waals surface area contributed by atoms with Gasteiger partial charge >= 0.3 is 0 Å². The van der Waals surface area contributed by atoms with E-state index in [-0.39, 0.29) is 18.1 Å². The Morgan fingerprint density at radius 2 is 2.03 bits per heavy atom. The zero-order valence-corrected chi connectivity index (χ0v) is 16.2. The summed E-state index contributed by atoms with van der Waals surface area (Å²) in [7, 11) is 0. The van der Waals surface area contributed by atoms with Gasteiger partial charge in [0, 0.05) is 19.0 Å². The minimum Gasteiger partial charge on any atom is -0.461 e. The second kappa shape index (κ2) is 6.99. The molecule has 4 heterocycles. The zero-order valence-electron chi connectivity index (χ0n) is 16.2. The number of benzene rings is 1. The highest BCUT2D eigenvalue weighted by Crippen LogP contribution is 2.38. The van der Waals surface area contributed by atoms with Crippen molar-refractivity contribution in [1.29, 1.82) is 0 Å². The molecule has 0 spiro atoms. The summed E-state index contributed by atoms with van der Waals surface area (Å²) in [5.74, 6) is 2.93. The van der Waals surface area contributed by atoms with Crippen LogP contribution in [0.25, 0.3) is 11.5 Å². The maximum absolute atomic E-state index is 12.5. The van der Waals surface area contributed by atoms with Crippen LogP contribution in [0, 0.1) is 5.41 Å². The van der Waals surface area contributed by atoms with Crippen LogP contribution in [0.3, 0.4) is 0 Å². The number of furan rings is 1. The fraction of sp³-hybridized carbons (Fsp3) is 0.364. The number of fused-ring (bicyclic) bond motifs is 1. The smallest absolute Gasteiger partial charge is 0.231 e. The summed E-state index contributed by atoms with van der Waals surface area (Å²) in [6, 6.07) is 11.5. The summed E-state index contributed by atoms with van der Waals surface area (Å²) in [4.78, 5) is 14.4. The summed E-state index contributed by atoms with van der Waals surface area (Å²) < 4.78 is 21.6. The minimum absolute atomic E-state index is 0.0187. The number of carbonyl (C=O) groups excluding carboxylic acids is 1. The number of nitrogens with zero attached hydrogens (tertiary/aromatic N) is 2. The molecule has 0 radical (unpaired) electrons. The van der Waals surface area contributed by atoms with E-state index in [1.807, 2.05) is 29.2 Å². The van der Waals surface area contributed by atoms with Crippen LogP contribution in [0.2, 0.25) is 0 Å². The predicted molar refractivity (Wildman–Crippen MR) is 103 cm³/mol. The van der Waals surface area contributed by atoms with Crippen molar-refractivity contribution in [2.75, 3.05) is 13.3 Å². The monoisotopic (exact) mass is 394 g/mol. The summed E-state index contributed by atoms with van der Waals surface area (Å²) >= 11 is 0. The fourth-order valence-electron chi connectivity index (χ4n) is 4.14. The van der Waals surface area contributed by atoms with Gasteiger partial charge < -0.3 is 23.3 Å². The number of likely N-dealkylation sites (tertiary alicyclic amines) is 1. The fourth-order valence-corrected chi connectivity index (χ4v) is 4.14. The number of aromatic nitrogens is 1. The SMILES string of the molecule is C[C@@]1(Cc2ccc3c(c2)OCO3)CCC(=O)N(Cc2cc(-c3ccco3)on2)C1. The van der Waals surface area contributed by atoms with Crippen LogP contribution in [-0.4, -0.2) is 29.3 Å². The quantitative estimate of drug-likeness (QED) is 0.650. The third-order valence-electron chi connectivity index (χ3n) is 5.61. The molecule has 29 heavy (non-hydrogen) atoms. The van der Waals surface area contributed by atoms with Crippen LogP contribution < -0.4 is 9.47 Å². The molecule has 7 heteroatoms. The van der Waals surface area contributed by atoms with Gasteiger partial charge in [-0.25, -0.2) is 0 Å². The van der Waals surface area contributed by atoms with Crippen molar-refractivity contribution in [2.24, 2.45) is 5.41 Å². The van der Waals surface area contributed by atoms with Crippen LogP contribution >= 0.6 is 0 Å². The molecule has 0 aliphatic carbocycles. The minimum atomic E-state index is -0.0187. The number of ether oxygens (including phenoxy) is 2. The van der Waals surface area contributed by atoms with Gasteiger partial charge in [-0.15, -0.1) is 0 Å². The highest BCUT2D eigenvalue weighted by Gasteiger charge is 2.35. The van der Waals surface area contributed by atoms with Crippen molar-refractivity contribution in [3.8, 4) is 23.0 Å². The first-order valence-electron chi connectivity index (χ1n) is 9.74. The van der Waals surface area contributed by atoms with Gasteiger partial charge in [-0.05, 0) is 48.1 Å². The Hall–Kier alpha value is -3.22. The molecule has 1 atom stereocenters. The second-order valence-corrected chi connectivity index (χ2v) is 8.08. The molecule has 0 bridgehead atoms. The van der Waals surface area contributed by atoms with Gasteiger partial charge in [0.1, 0.15) is 5.69 Å². The molecule has 1 fully saturated rings. The van der Waals surface area contributed by atoms with Crippen molar-refractivity contribution in [2.45, 2.75) is 32.7 Å². The van der Waals surface area contributed by atoms with Crippen molar-refractivity contribution < 1.29 is 23.2 Å². The first-order chi connectivity index (χ1) is 14.1. The molecule has 2 aromatic heterocycles. The molecule has 5 rings (SSSR count). The van der Waals surface area contributed by atoms with E-state index >= 15 is 0 Å². The highest BCUT2D eigenvalue weighted by molar-refractivity contribution is 5.77. The highest BCUT2D eigenvalue weighted by atomic mass is 16.7. The molecule has 2 aliphatic rings. The van der Waals surface area contributed by atoms with E-state index in [2.05, 4.69) is 18.1 Å². The van der Waals surface area contributed by atoms with Crippen LogP contribution in [0.1, 0.15) is 31.0 Å². The lowest BCUT2D eigenvalue weighted by Gasteiger charge is -2.40. The third kappa shape index (κ3) is 3.60. The van der Waals surface area contributed by atoms with E-state index in [9.17, 15) is 4.79 Å². The van der Waals surface area contributed by atoms with Gasteiger partial charge in [-0.1, -0.05) is 18.1 Å².